The van der Waals surface area contributed by atoms with Gasteiger partial charge in [0.2, 0.25) is 0 Å². The zero-order chi connectivity index (χ0) is 15.2. The van der Waals surface area contributed by atoms with E-state index in [-0.39, 0.29) is 12.5 Å². The molecule has 0 unspecified atom stereocenters. The number of hydrogen-bond donors (Lipinski definition) is 1. The third-order valence-electron chi connectivity index (χ3n) is 2.57. The summed E-state index contributed by atoms with van der Waals surface area (Å²) in [6.45, 7) is -0.167. The number of rotatable bonds is 4. The van der Waals surface area contributed by atoms with Gasteiger partial charge in [-0.3, -0.25) is 4.79 Å². The van der Waals surface area contributed by atoms with Gasteiger partial charge in [0.25, 0.3) is 5.91 Å². The molecule has 0 aliphatic carbocycles. The van der Waals surface area contributed by atoms with E-state index in [9.17, 15) is 4.79 Å². The van der Waals surface area contributed by atoms with Crippen molar-refractivity contribution in [1.82, 2.24) is 0 Å². The molecule has 6 heteroatoms. The van der Waals surface area contributed by atoms with E-state index in [1.54, 1.807) is 18.2 Å². The number of nitrogens with one attached hydrogen (secondary N) is 1. The van der Waals surface area contributed by atoms with Crippen molar-refractivity contribution in [3.8, 4) is 11.8 Å². The molecule has 0 atom stereocenters. The Balaban J connectivity index is 2.01. The molecule has 2 aromatic carbocycles. The van der Waals surface area contributed by atoms with Crippen molar-refractivity contribution in [2.75, 3.05) is 11.9 Å². The Labute approximate surface area is 135 Å². The van der Waals surface area contributed by atoms with E-state index >= 15 is 0 Å². The van der Waals surface area contributed by atoms with Crippen LogP contribution in [-0.4, -0.2) is 12.5 Å². The lowest BCUT2D eigenvalue weighted by atomic mass is 10.2. The molecule has 0 spiro atoms. The second-order valence-electron chi connectivity index (χ2n) is 4.07. The van der Waals surface area contributed by atoms with Gasteiger partial charge >= 0.3 is 0 Å². The largest absolute Gasteiger partial charge is 0.483 e. The summed E-state index contributed by atoms with van der Waals surface area (Å²) < 4.78 is 6.16. The van der Waals surface area contributed by atoms with Gasteiger partial charge in [0.05, 0.1) is 15.7 Å². The van der Waals surface area contributed by atoms with Gasteiger partial charge in [-0.1, -0.05) is 23.7 Å². The molecule has 0 fully saturated rings. The van der Waals surface area contributed by atoms with E-state index < -0.39 is 0 Å². The Morgan fingerprint density at radius 3 is 2.81 bits per heavy atom. The Bertz CT molecular complexity index is 713. The summed E-state index contributed by atoms with van der Waals surface area (Å²) in [4.78, 5) is 11.9. The number of benzene rings is 2. The molecule has 4 nitrogen and oxygen atoms in total. The van der Waals surface area contributed by atoms with Crippen molar-refractivity contribution >= 4 is 39.1 Å². The van der Waals surface area contributed by atoms with E-state index in [0.29, 0.717) is 22.0 Å². The van der Waals surface area contributed by atoms with E-state index in [4.69, 9.17) is 21.6 Å². The number of para-hydroxylation sites is 1. The molecule has 0 heterocycles. The van der Waals surface area contributed by atoms with Gasteiger partial charge in [-0.2, -0.15) is 5.26 Å². The fraction of sp³-hybridized carbons (Fsp3) is 0.0667. The molecule has 0 radical (unpaired) electrons. The number of carbonyl (C=O) groups excluding carboxylic acids is 1. The summed E-state index contributed by atoms with van der Waals surface area (Å²) >= 11 is 9.18. The zero-order valence-corrected chi connectivity index (χ0v) is 13.1. The Morgan fingerprint density at radius 2 is 2.10 bits per heavy atom. The van der Waals surface area contributed by atoms with Crippen molar-refractivity contribution in [2.24, 2.45) is 0 Å². The van der Waals surface area contributed by atoms with Crippen molar-refractivity contribution in [3.05, 3.63) is 57.5 Å². The molecule has 2 aromatic rings. The number of anilines is 1. The van der Waals surface area contributed by atoms with E-state index in [0.717, 1.165) is 4.47 Å². The third kappa shape index (κ3) is 4.22. The molecule has 1 amide bonds. The summed E-state index contributed by atoms with van der Waals surface area (Å²) in [5.41, 5.74) is 0.708. The molecular weight excluding hydrogens is 356 g/mol. The lowest BCUT2D eigenvalue weighted by molar-refractivity contribution is -0.118. The monoisotopic (exact) mass is 364 g/mol. The van der Waals surface area contributed by atoms with Crippen LogP contribution < -0.4 is 10.1 Å². The van der Waals surface area contributed by atoms with Crippen LogP contribution in [0.3, 0.4) is 0 Å². The second kappa shape index (κ2) is 7.11. The highest BCUT2D eigenvalue weighted by Crippen LogP contribution is 2.24. The average molecular weight is 366 g/mol. The maximum atomic E-state index is 11.9. The SMILES string of the molecule is N#Cc1ccc(Cl)cc1NC(=O)COc1ccccc1Br. The molecule has 1 N–H and O–H groups in total. The van der Waals surface area contributed by atoms with Gasteiger partial charge < -0.3 is 10.1 Å². The predicted molar refractivity (Wildman–Crippen MR) is 84.4 cm³/mol. The highest BCUT2D eigenvalue weighted by molar-refractivity contribution is 9.10. The molecule has 0 aromatic heterocycles. The first-order valence-corrected chi connectivity index (χ1v) is 7.14. The summed E-state index contributed by atoms with van der Waals surface area (Å²) in [5, 5.41) is 12.0. The molecule has 0 saturated heterocycles. The summed E-state index contributed by atoms with van der Waals surface area (Å²) in [6.07, 6.45) is 0. The number of ether oxygens (including phenoxy) is 1. The first-order chi connectivity index (χ1) is 10.1. The average Bonchev–Trinajstić information content (AvgIpc) is 2.47. The van der Waals surface area contributed by atoms with Crippen LogP contribution in [0.5, 0.6) is 5.75 Å². The predicted octanol–water partition coefficient (Wildman–Crippen LogP) is 3.99. The fourth-order valence-corrected chi connectivity index (χ4v) is 2.18. The van der Waals surface area contributed by atoms with Crippen molar-refractivity contribution in [3.63, 3.8) is 0 Å². The van der Waals surface area contributed by atoms with Gasteiger partial charge in [0.1, 0.15) is 11.8 Å². The quantitative estimate of drug-likeness (QED) is 0.891. The van der Waals surface area contributed by atoms with Crippen LogP contribution in [-0.2, 0) is 4.79 Å². The van der Waals surface area contributed by atoms with Gasteiger partial charge in [-0.25, -0.2) is 0 Å². The molecule has 2 rings (SSSR count). The van der Waals surface area contributed by atoms with Crippen LogP contribution in [0, 0.1) is 11.3 Å². The molecular formula is C15H10BrClN2O2. The highest BCUT2D eigenvalue weighted by atomic mass is 79.9. The van der Waals surface area contributed by atoms with Crippen LogP contribution in [0.1, 0.15) is 5.56 Å². The minimum Gasteiger partial charge on any atom is -0.483 e. The Hall–Kier alpha value is -2.03. The number of nitrogens with zero attached hydrogens (tertiary/aromatic N) is 1. The van der Waals surface area contributed by atoms with Crippen LogP contribution >= 0.6 is 27.5 Å². The number of halogens is 2. The summed E-state index contributed by atoms with van der Waals surface area (Å²) in [7, 11) is 0. The van der Waals surface area contributed by atoms with Gasteiger partial charge in [0, 0.05) is 5.02 Å². The van der Waals surface area contributed by atoms with Gasteiger partial charge in [-0.15, -0.1) is 0 Å². The number of carbonyl (C=O) groups is 1. The minimum absolute atomic E-state index is 0.167. The first-order valence-electron chi connectivity index (χ1n) is 5.97. The zero-order valence-electron chi connectivity index (χ0n) is 10.8. The Morgan fingerprint density at radius 1 is 1.33 bits per heavy atom. The third-order valence-corrected chi connectivity index (χ3v) is 3.46. The van der Waals surface area contributed by atoms with E-state index in [1.807, 2.05) is 24.3 Å². The smallest absolute Gasteiger partial charge is 0.262 e. The highest BCUT2D eigenvalue weighted by Gasteiger charge is 2.09. The number of amides is 1. The normalized spacial score (nSPS) is 9.76. The van der Waals surface area contributed by atoms with Crippen LogP contribution in [0.4, 0.5) is 5.69 Å². The molecule has 0 saturated carbocycles. The van der Waals surface area contributed by atoms with Crippen LogP contribution in [0.2, 0.25) is 5.02 Å². The van der Waals surface area contributed by atoms with E-state index in [1.165, 1.54) is 6.07 Å². The summed E-state index contributed by atoms with van der Waals surface area (Å²) in [6, 6.07) is 13.9. The fourth-order valence-electron chi connectivity index (χ4n) is 1.61. The summed E-state index contributed by atoms with van der Waals surface area (Å²) in [5.74, 6) is 0.198. The van der Waals surface area contributed by atoms with Crippen molar-refractivity contribution in [1.29, 1.82) is 5.26 Å². The van der Waals surface area contributed by atoms with Gasteiger partial charge in [0.15, 0.2) is 6.61 Å². The topological polar surface area (TPSA) is 62.1 Å². The minimum atomic E-state index is -0.371. The first kappa shape index (κ1) is 15.4. The van der Waals surface area contributed by atoms with Crippen LogP contribution in [0.15, 0.2) is 46.9 Å². The second-order valence-corrected chi connectivity index (χ2v) is 5.36. The lowest BCUT2D eigenvalue weighted by Gasteiger charge is -2.10. The molecule has 0 aliphatic heterocycles. The standard InChI is InChI=1S/C15H10BrClN2O2/c16-12-3-1-2-4-14(12)21-9-15(20)19-13-7-11(17)6-5-10(13)8-18/h1-7H,9H2,(H,19,20). The number of hydrogen-bond acceptors (Lipinski definition) is 3. The number of nitriles is 1. The molecule has 0 bridgehead atoms. The van der Waals surface area contributed by atoms with E-state index in [2.05, 4.69) is 21.2 Å². The Kier molecular flexibility index (Phi) is 5.20. The van der Waals surface area contributed by atoms with Crippen molar-refractivity contribution < 1.29 is 9.53 Å². The molecule has 0 aliphatic rings. The maximum absolute atomic E-state index is 11.9. The van der Waals surface area contributed by atoms with Crippen molar-refractivity contribution in [2.45, 2.75) is 0 Å². The van der Waals surface area contributed by atoms with Gasteiger partial charge in [-0.05, 0) is 46.3 Å². The van der Waals surface area contributed by atoms with Crippen LogP contribution in [0.25, 0.3) is 0 Å². The molecule has 21 heavy (non-hydrogen) atoms. The lowest BCUT2D eigenvalue weighted by Crippen LogP contribution is -2.20. The maximum Gasteiger partial charge on any atom is 0.262 e. The molecule has 106 valence electrons.